The molecule has 0 saturated carbocycles. The molecule has 1 aromatic heterocycles. The summed E-state index contributed by atoms with van der Waals surface area (Å²) in [5, 5.41) is 2.35. The van der Waals surface area contributed by atoms with Crippen LogP contribution in [0.25, 0.3) is 27.5 Å². The lowest BCUT2D eigenvalue weighted by atomic mass is 10.0. The molecule has 0 radical (unpaired) electrons. The van der Waals surface area contributed by atoms with Gasteiger partial charge in [0.05, 0.1) is 0 Å². The van der Waals surface area contributed by atoms with Gasteiger partial charge in [-0.2, -0.15) is 0 Å². The van der Waals surface area contributed by atoms with Crippen molar-refractivity contribution in [2.75, 3.05) is 0 Å². The van der Waals surface area contributed by atoms with Gasteiger partial charge in [-0.25, -0.2) is 0 Å². The first-order valence-electron chi connectivity index (χ1n) is 6.54. The van der Waals surface area contributed by atoms with Gasteiger partial charge in [0.25, 0.3) is 0 Å². The van der Waals surface area contributed by atoms with Gasteiger partial charge in [-0.3, -0.25) is 0 Å². The first-order valence-corrected chi connectivity index (χ1v) is 6.54. The summed E-state index contributed by atoms with van der Waals surface area (Å²) in [4.78, 5) is 0. The molecule has 0 saturated heterocycles. The Morgan fingerprint density at radius 3 is 2.53 bits per heavy atom. The van der Waals surface area contributed by atoms with Gasteiger partial charge in [-0.05, 0) is 25.5 Å². The van der Waals surface area contributed by atoms with Gasteiger partial charge in [0, 0.05) is 16.3 Å². The van der Waals surface area contributed by atoms with E-state index >= 15 is 0 Å². The largest absolute Gasteiger partial charge is 0.455 e. The number of fused-ring (bicyclic) bond motifs is 3. The van der Waals surface area contributed by atoms with E-state index in [4.69, 9.17) is 4.42 Å². The lowest BCUT2D eigenvalue weighted by Gasteiger charge is -2.02. The van der Waals surface area contributed by atoms with Crippen LogP contribution in [0.2, 0.25) is 0 Å². The molecule has 1 heterocycles. The number of benzene rings is 2. The molecule has 0 N–H and O–H groups in total. The molecule has 0 fully saturated rings. The van der Waals surface area contributed by atoms with E-state index < -0.39 is 0 Å². The number of furan rings is 1. The van der Waals surface area contributed by atoms with Crippen molar-refractivity contribution >= 4 is 27.5 Å². The van der Waals surface area contributed by atoms with Crippen LogP contribution in [0, 0.1) is 0 Å². The topological polar surface area (TPSA) is 13.1 Å². The molecule has 19 heavy (non-hydrogen) atoms. The van der Waals surface area contributed by atoms with Crippen LogP contribution < -0.4 is 0 Å². The maximum Gasteiger partial charge on any atom is 0.143 e. The zero-order valence-electron chi connectivity index (χ0n) is 11.2. The second-order valence-electron chi connectivity index (χ2n) is 4.52. The van der Waals surface area contributed by atoms with E-state index in [1.54, 1.807) is 0 Å². The Morgan fingerprint density at radius 2 is 1.74 bits per heavy atom. The molecular weight excluding hydrogens is 232 g/mol. The number of allylic oxidation sites excluding steroid dienone is 4. The summed E-state index contributed by atoms with van der Waals surface area (Å²) >= 11 is 0. The smallest absolute Gasteiger partial charge is 0.143 e. The molecule has 0 aliphatic heterocycles. The van der Waals surface area contributed by atoms with Crippen LogP contribution in [0.3, 0.4) is 0 Å². The van der Waals surface area contributed by atoms with Crippen molar-refractivity contribution in [1.29, 1.82) is 0 Å². The standard InChI is InChI=1S/C18H16O/c1-3-8-13(4-2)14-10-7-11-16-15-9-5-6-12-17(15)19-18(14)16/h3-12H,1-2H3/b8-3+,13-4+. The Labute approximate surface area is 112 Å². The van der Waals surface area contributed by atoms with Crippen LogP contribution in [-0.4, -0.2) is 0 Å². The summed E-state index contributed by atoms with van der Waals surface area (Å²) in [5.74, 6) is 0. The highest BCUT2D eigenvalue weighted by Crippen LogP contribution is 2.33. The predicted octanol–water partition coefficient (Wildman–Crippen LogP) is 5.57. The van der Waals surface area contributed by atoms with Gasteiger partial charge in [0.1, 0.15) is 11.2 Å². The van der Waals surface area contributed by atoms with Gasteiger partial charge < -0.3 is 4.42 Å². The number of hydrogen-bond acceptors (Lipinski definition) is 1. The van der Waals surface area contributed by atoms with E-state index in [1.807, 2.05) is 25.1 Å². The van der Waals surface area contributed by atoms with Crippen molar-refractivity contribution in [1.82, 2.24) is 0 Å². The molecule has 1 nitrogen and oxygen atoms in total. The van der Waals surface area contributed by atoms with E-state index in [0.29, 0.717) is 0 Å². The van der Waals surface area contributed by atoms with Crippen LogP contribution in [0.5, 0.6) is 0 Å². The number of rotatable bonds is 2. The first kappa shape index (κ1) is 11.8. The Morgan fingerprint density at radius 1 is 0.947 bits per heavy atom. The van der Waals surface area contributed by atoms with E-state index in [1.165, 1.54) is 16.3 Å². The van der Waals surface area contributed by atoms with Crippen molar-refractivity contribution in [3.8, 4) is 0 Å². The molecule has 0 amide bonds. The maximum absolute atomic E-state index is 6.04. The molecule has 3 aromatic rings. The highest BCUT2D eigenvalue weighted by molar-refractivity contribution is 6.08. The molecule has 1 heteroatoms. The van der Waals surface area contributed by atoms with Crippen molar-refractivity contribution < 1.29 is 4.42 Å². The maximum atomic E-state index is 6.04. The molecule has 0 unspecified atom stereocenters. The Bertz CT molecular complexity index is 788. The van der Waals surface area contributed by atoms with Gasteiger partial charge >= 0.3 is 0 Å². The zero-order valence-corrected chi connectivity index (χ0v) is 11.2. The van der Waals surface area contributed by atoms with Crippen LogP contribution in [-0.2, 0) is 0 Å². The first-order chi connectivity index (χ1) is 9.35. The molecular formula is C18H16O. The highest BCUT2D eigenvalue weighted by atomic mass is 16.3. The second-order valence-corrected chi connectivity index (χ2v) is 4.52. The minimum absolute atomic E-state index is 0.945. The normalized spacial score (nSPS) is 12.8. The van der Waals surface area contributed by atoms with Crippen LogP contribution >= 0.6 is 0 Å². The molecule has 0 aliphatic rings. The van der Waals surface area contributed by atoms with Crippen molar-refractivity contribution in [2.45, 2.75) is 13.8 Å². The van der Waals surface area contributed by atoms with Gasteiger partial charge in [0.2, 0.25) is 0 Å². The number of hydrogen-bond donors (Lipinski definition) is 0. The third kappa shape index (κ3) is 1.88. The van der Waals surface area contributed by atoms with E-state index in [-0.39, 0.29) is 0 Å². The monoisotopic (exact) mass is 248 g/mol. The van der Waals surface area contributed by atoms with Crippen LogP contribution in [0.1, 0.15) is 19.4 Å². The van der Waals surface area contributed by atoms with Crippen LogP contribution in [0.4, 0.5) is 0 Å². The van der Waals surface area contributed by atoms with Crippen molar-refractivity contribution in [3.63, 3.8) is 0 Å². The molecule has 3 rings (SSSR count). The summed E-state index contributed by atoms with van der Waals surface area (Å²) in [6.45, 7) is 4.08. The predicted molar refractivity (Wildman–Crippen MR) is 82.2 cm³/mol. The van der Waals surface area contributed by atoms with Crippen LogP contribution in [0.15, 0.2) is 65.1 Å². The Hall–Kier alpha value is -2.28. The second kappa shape index (κ2) is 4.77. The fraction of sp³-hybridized carbons (Fsp3) is 0.111. The Kier molecular flexibility index (Phi) is 2.96. The van der Waals surface area contributed by atoms with E-state index in [9.17, 15) is 0 Å². The fourth-order valence-corrected chi connectivity index (χ4v) is 2.50. The summed E-state index contributed by atoms with van der Waals surface area (Å²) in [7, 11) is 0. The minimum atomic E-state index is 0.945. The highest BCUT2D eigenvalue weighted by Gasteiger charge is 2.11. The summed E-state index contributed by atoms with van der Waals surface area (Å²) in [5.41, 5.74) is 4.25. The Balaban J connectivity index is 2.38. The molecule has 0 spiro atoms. The average Bonchev–Trinajstić information content (AvgIpc) is 2.83. The van der Waals surface area contributed by atoms with E-state index in [0.717, 1.165) is 16.7 Å². The lowest BCUT2D eigenvalue weighted by Crippen LogP contribution is -1.81. The third-order valence-electron chi connectivity index (χ3n) is 3.37. The summed E-state index contributed by atoms with van der Waals surface area (Å²) < 4.78 is 6.04. The molecule has 94 valence electrons. The summed E-state index contributed by atoms with van der Waals surface area (Å²) in [6.07, 6.45) is 6.28. The molecule has 0 aliphatic carbocycles. The molecule has 2 aromatic carbocycles. The molecule has 0 bridgehead atoms. The fourth-order valence-electron chi connectivity index (χ4n) is 2.50. The van der Waals surface area contributed by atoms with Gasteiger partial charge in [-0.15, -0.1) is 0 Å². The summed E-state index contributed by atoms with van der Waals surface area (Å²) in [6, 6.07) is 14.5. The zero-order chi connectivity index (χ0) is 13.2. The third-order valence-corrected chi connectivity index (χ3v) is 3.37. The molecule has 0 atom stereocenters. The lowest BCUT2D eigenvalue weighted by molar-refractivity contribution is 0.668. The minimum Gasteiger partial charge on any atom is -0.455 e. The van der Waals surface area contributed by atoms with E-state index in [2.05, 4.69) is 49.4 Å². The quantitative estimate of drug-likeness (QED) is 0.541. The van der Waals surface area contributed by atoms with Gasteiger partial charge in [-0.1, -0.05) is 54.6 Å². The average molecular weight is 248 g/mol. The van der Waals surface area contributed by atoms with Crippen molar-refractivity contribution in [3.05, 3.63) is 66.3 Å². The SMILES string of the molecule is C/C=C/C(=C\C)c1cccc2c1oc1ccccc12. The number of para-hydroxylation sites is 2. The van der Waals surface area contributed by atoms with Crippen molar-refractivity contribution in [2.24, 2.45) is 0 Å². The van der Waals surface area contributed by atoms with Gasteiger partial charge in [0.15, 0.2) is 0 Å².